The predicted octanol–water partition coefficient (Wildman–Crippen LogP) is 2.43. The molecule has 1 unspecified atom stereocenters. The molecule has 0 heterocycles. The highest BCUT2D eigenvalue weighted by Crippen LogP contribution is 2.24. The van der Waals surface area contributed by atoms with Crippen molar-refractivity contribution in [3.05, 3.63) is 29.3 Å². The van der Waals surface area contributed by atoms with Crippen LogP contribution in [0.25, 0.3) is 0 Å². The molecule has 0 aromatic heterocycles. The monoisotopic (exact) mass is 235 g/mol. The molecule has 17 heavy (non-hydrogen) atoms. The molecule has 0 spiro atoms. The first kappa shape index (κ1) is 13.7. The van der Waals surface area contributed by atoms with Gasteiger partial charge in [0.15, 0.2) is 5.78 Å². The van der Waals surface area contributed by atoms with Crippen molar-refractivity contribution in [2.75, 3.05) is 13.7 Å². The molecule has 3 nitrogen and oxygen atoms in total. The second-order valence-electron chi connectivity index (χ2n) is 4.09. The molecule has 0 bridgehead atoms. The maximum absolute atomic E-state index is 12.3. The van der Waals surface area contributed by atoms with Crippen LogP contribution in [0.3, 0.4) is 0 Å². The predicted molar refractivity (Wildman–Crippen MR) is 69.5 cm³/mol. The van der Waals surface area contributed by atoms with Crippen LogP contribution in [0.15, 0.2) is 18.2 Å². The number of carbonyl (C=O) groups is 1. The number of hydrogen-bond donors (Lipinski definition) is 1. The second-order valence-corrected chi connectivity index (χ2v) is 4.09. The molecule has 0 radical (unpaired) electrons. The first-order valence-corrected chi connectivity index (χ1v) is 6.09. The van der Waals surface area contributed by atoms with Crippen molar-refractivity contribution in [2.24, 2.45) is 11.7 Å². The van der Waals surface area contributed by atoms with Crippen LogP contribution in [0.1, 0.15) is 36.2 Å². The minimum Gasteiger partial charge on any atom is -0.496 e. The maximum atomic E-state index is 12.3. The van der Waals surface area contributed by atoms with Crippen molar-refractivity contribution < 1.29 is 9.53 Å². The van der Waals surface area contributed by atoms with E-state index >= 15 is 0 Å². The first-order valence-electron chi connectivity index (χ1n) is 6.09. The van der Waals surface area contributed by atoms with E-state index in [1.54, 1.807) is 7.11 Å². The molecule has 0 aliphatic carbocycles. The Morgan fingerprint density at radius 1 is 1.41 bits per heavy atom. The van der Waals surface area contributed by atoms with E-state index < -0.39 is 0 Å². The lowest BCUT2D eigenvalue weighted by molar-refractivity contribution is 0.0918. The number of benzene rings is 1. The summed E-state index contributed by atoms with van der Waals surface area (Å²) in [5.74, 6) is 0.609. The number of carbonyl (C=O) groups excluding carboxylic acids is 1. The SMILES string of the molecule is CCc1ccc(OC)c(C(=O)C(CC)CN)c1. The zero-order valence-corrected chi connectivity index (χ0v) is 10.8. The molecule has 0 aliphatic heterocycles. The minimum atomic E-state index is -0.115. The summed E-state index contributed by atoms with van der Waals surface area (Å²) in [7, 11) is 1.58. The quantitative estimate of drug-likeness (QED) is 0.770. The van der Waals surface area contributed by atoms with Gasteiger partial charge in [0, 0.05) is 12.5 Å². The van der Waals surface area contributed by atoms with Crippen molar-refractivity contribution in [2.45, 2.75) is 26.7 Å². The van der Waals surface area contributed by atoms with Crippen LogP contribution < -0.4 is 10.5 Å². The Labute approximate surface area is 103 Å². The molecule has 3 heteroatoms. The van der Waals surface area contributed by atoms with E-state index in [9.17, 15) is 4.79 Å². The van der Waals surface area contributed by atoms with Crippen LogP contribution in [0.2, 0.25) is 0 Å². The Morgan fingerprint density at radius 2 is 2.12 bits per heavy atom. The number of Topliss-reactive ketones (excluding diaryl/α,β-unsaturated/α-hetero) is 1. The molecule has 94 valence electrons. The van der Waals surface area contributed by atoms with Gasteiger partial charge in [-0.2, -0.15) is 0 Å². The van der Waals surface area contributed by atoms with Crippen LogP contribution in [0, 0.1) is 5.92 Å². The zero-order chi connectivity index (χ0) is 12.8. The van der Waals surface area contributed by atoms with Gasteiger partial charge in [-0.3, -0.25) is 4.79 Å². The average molecular weight is 235 g/mol. The molecule has 0 fully saturated rings. The van der Waals surface area contributed by atoms with Crippen molar-refractivity contribution in [1.82, 2.24) is 0 Å². The van der Waals surface area contributed by atoms with Gasteiger partial charge in [0.2, 0.25) is 0 Å². The fourth-order valence-electron chi connectivity index (χ4n) is 1.85. The zero-order valence-electron chi connectivity index (χ0n) is 10.8. The van der Waals surface area contributed by atoms with Crippen LogP contribution in [-0.2, 0) is 6.42 Å². The Hall–Kier alpha value is -1.35. The highest BCUT2D eigenvalue weighted by atomic mass is 16.5. The minimum absolute atomic E-state index is 0.0853. The third-order valence-corrected chi connectivity index (χ3v) is 3.09. The summed E-state index contributed by atoms with van der Waals surface area (Å²) in [4.78, 5) is 12.3. The van der Waals surface area contributed by atoms with E-state index in [-0.39, 0.29) is 11.7 Å². The molecule has 0 amide bonds. The van der Waals surface area contributed by atoms with Crippen molar-refractivity contribution in [1.29, 1.82) is 0 Å². The van der Waals surface area contributed by atoms with Gasteiger partial charge in [-0.15, -0.1) is 0 Å². The van der Waals surface area contributed by atoms with Gasteiger partial charge >= 0.3 is 0 Å². The third-order valence-electron chi connectivity index (χ3n) is 3.09. The van der Waals surface area contributed by atoms with Gasteiger partial charge in [0.25, 0.3) is 0 Å². The van der Waals surface area contributed by atoms with E-state index in [0.29, 0.717) is 17.9 Å². The van der Waals surface area contributed by atoms with Crippen LogP contribution in [0.5, 0.6) is 5.75 Å². The maximum Gasteiger partial charge on any atom is 0.170 e. The van der Waals surface area contributed by atoms with E-state index in [2.05, 4.69) is 6.92 Å². The average Bonchev–Trinajstić information content (AvgIpc) is 2.39. The molecule has 0 aliphatic rings. The van der Waals surface area contributed by atoms with Crippen LogP contribution in [0.4, 0.5) is 0 Å². The first-order chi connectivity index (χ1) is 8.17. The van der Waals surface area contributed by atoms with Gasteiger partial charge in [-0.25, -0.2) is 0 Å². The smallest absolute Gasteiger partial charge is 0.170 e. The molecule has 0 saturated heterocycles. The summed E-state index contributed by atoms with van der Waals surface area (Å²) in [5.41, 5.74) is 7.42. The Balaban J connectivity index is 3.13. The lowest BCUT2D eigenvalue weighted by Gasteiger charge is -2.14. The van der Waals surface area contributed by atoms with E-state index in [4.69, 9.17) is 10.5 Å². The largest absolute Gasteiger partial charge is 0.496 e. The lowest BCUT2D eigenvalue weighted by Crippen LogP contribution is -2.23. The molecular formula is C14H21NO2. The fraction of sp³-hybridized carbons (Fsp3) is 0.500. The summed E-state index contributed by atoms with van der Waals surface area (Å²) >= 11 is 0. The van der Waals surface area contributed by atoms with Gasteiger partial charge in [0.1, 0.15) is 5.75 Å². The van der Waals surface area contributed by atoms with Crippen LogP contribution in [-0.4, -0.2) is 19.4 Å². The van der Waals surface area contributed by atoms with Crippen LogP contribution >= 0.6 is 0 Å². The number of rotatable bonds is 6. The Morgan fingerprint density at radius 3 is 2.59 bits per heavy atom. The molecule has 1 atom stereocenters. The van der Waals surface area contributed by atoms with Gasteiger partial charge < -0.3 is 10.5 Å². The highest BCUT2D eigenvalue weighted by molar-refractivity contribution is 6.00. The summed E-state index contributed by atoms with van der Waals surface area (Å²) in [6.07, 6.45) is 1.67. The molecule has 1 rings (SSSR count). The molecule has 0 saturated carbocycles. The Kier molecular flexibility index (Phi) is 5.16. The highest BCUT2D eigenvalue weighted by Gasteiger charge is 2.20. The molecule has 1 aromatic rings. The number of ether oxygens (including phenoxy) is 1. The number of methoxy groups -OCH3 is 1. The molecular weight excluding hydrogens is 214 g/mol. The van der Waals surface area contributed by atoms with Gasteiger partial charge in [-0.05, 0) is 30.5 Å². The summed E-state index contributed by atoms with van der Waals surface area (Å²) in [5, 5.41) is 0. The third kappa shape index (κ3) is 3.07. The normalized spacial score (nSPS) is 12.2. The Bertz CT molecular complexity index is 384. The number of nitrogens with two attached hydrogens (primary N) is 1. The number of ketones is 1. The number of aryl methyl sites for hydroxylation is 1. The van der Waals surface area contributed by atoms with Crippen molar-refractivity contribution in [3.8, 4) is 5.75 Å². The number of hydrogen-bond acceptors (Lipinski definition) is 3. The summed E-state index contributed by atoms with van der Waals surface area (Å²) < 4.78 is 5.24. The lowest BCUT2D eigenvalue weighted by atomic mass is 9.93. The van der Waals surface area contributed by atoms with E-state index in [1.807, 2.05) is 25.1 Å². The fourth-order valence-corrected chi connectivity index (χ4v) is 1.85. The second kappa shape index (κ2) is 6.40. The van der Waals surface area contributed by atoms with E-state index in [0.717, 1.165) is 18.4 Å². The summed E-state index contributed by atoms with van der Waals surface area (Å²) in [6.45, 7) is 4.43. The summed E-state index contributed by atoms with van der Waals surface area (Å²) in [6, 6.07) is 5.76. The van der Waals surface area contributed by atoms with Crippen molar-refractivity contribution in [3.63, 3.8) is 0 Å². The molecule has 1 aromatic carbocycles. The standard InChI is InChI=1S/C14H21NO2/c1-4-10-6-7-13(17-3)12(8-10)14(16)11(5-2)9-15/h6-8,11H,4-5,9,15H2,1-3H3. The molecule has 2 N–H and O–H groups in total. The van der Waals surface area contributed by atoms with E-state index in [1.165, 1.54) is 0 Å². The van der Waals surface area contributed by atoms with Gasteiger partial charge in [-0.1, -0.05) is 19.9 Å². The van der Waals surface area contributed by atoms with Crippen molar-refractivity contribution >= 4 is 5.78 Å². The topological polar surface area (TPSA) is 52.3 Å². The van der Waals surface area contributed by atoms with Gasteiger partial charge in [0.05, 0.1) is 12.7 Å².